The highest BCUT2D eigenvalue weighted by atomic mass is 19.2. The van der Waals surface area contributed by atoms with E-state index in [2.05, 4.69) is 5.32 Å². The summed E-state index contributed by atoms with van der Waals surface area (Å²) < 4.78 is 31.9. The van der Waals surface area contributed by atoms with Gasteiger partial charge in [-0.05, 0) is 26.8 Å². The number of alkyl carbamates (subject to hydrolysis) is 1. The fourth-order valence-corrected chi connectivity index (χ4v) is 1.65. The molecule has 0 spiro atoms. The molecule has 0 aliphatic carbocycles. The molecule has 0 saturated carbocycles. The average Bonchev–Trinajstić information content (AvgIpc) is 2.28. The minimum absolute atomic E-state index is 0.247. The lowest BCUT2D eigenvalue weighted by atomic mass is 10.0. The molecule has 2 N–H and O–H groups in total. The molecule has 0 unspecified atom stereocenters. The average molecular weight is 301 g/mol. The Kier molecular flexibility index (Phi) is 5.23. The zero-order valence-corrected chi connectivity index (χ0v) is 11.9. The summed E-state index contributed by atoms with van der Waals surface area (Å²) in [6, 6.07) is 2.13. The zero-order valence-electron chi connectivity index (χ0n) is 11.9. The first-order chi connectivity index (χ1) is 9.60. The minimum atomic E-state index is -1.26. The number of nitrogens with one attached hydrogen (secondary N) is 1. The van der Waals surface area contributed by atoms with Gasteiger partial charge in [-0.15, -0.1) is 0 Å². The third kappa shape index (κ3) is 5.37. The smallest absolute Gasteiger partial charge is 0.408 e. The number of carbonyl (C=O) groups excluding carboxylic acids is 1. The zero-order chi connectivity index (χ0) is 16.2. The van der Waals surface area contributed by atoms with Crippen molar-refractivity contribution in [2.75, 3.05) is 0 Å². The third-order valence-corrected chi connectivity index (χ3v) is 2.43. The van der Waals surface area contributed by atoms with E-state index in [0.29, 0.717) is 0 Å². The van der Waals surface area contributed by atoms with Crippen molar-refractivity contribution in [3.8, 4) is 0 Å². The van der Waals surface area contributed by atoms with Crippen LogP contribution in [0.2, 0.25) is 0 Å². The first-order valence-corrected chi connectivity index (χ1v) is 6.25. The number of rotatable bonds is 4. The van der Waals surface area contributed by atoms with Gasteiger partial charge < -0.3 is 15.2 Å². The van der Waals surface area contributed by atoms with Crippen molar-refractivity contribution in [1.29, 1.82) is 0 Å². The lowest BCUT2D eigenvalue weighted by Crippen LogP contribution is -2.36. The van der Waals surface area contributed by atoms with Crippen LogP contribution >= 0.6 is 0 Å². The molecule has 0 heterocycles. The number of hydrogen-bond donors (Lipinski definition) is 2. The van der Waals surface area contributed by atoms with Gasteiger partial charge in [-0.25, -0.2) is 13.6 Å². The molecule has 1 amide bonds. The fraction of sp³-hybridized carbons (Fsp3) is 0.429. The van der Waals surface area contributed by atoms with Crippen molar-refractivity contribution in [2.24, 2.45) is 0 Å². The molecule has 21 heavy (non-hydrogen) atoms. The van der Waals surface area contributed by atoms with Gasteiger partial charge in [0.1, 0.15) is 5.60 Å². The quantitative estimate of drug-likeness (QED) is 0.896. The van der Waals surface area contributed by atoms with Crippen LogP contribution in [0.1, 0.15) is 38.8 Å². The fourth-order valence-electron chi connectivity index (χ4n) is 1.65. The van der Waals surface area contributed by atoms with E-state index in [9.17, 15) is 18.4 Å². The van der Waals surface area contributed by atoms with E-state index >= 15 is 0 Å². The Hall–Kier alpha value is -2.18. The molecule has 1 aromatic carbocycles. The molecule has 0 aromatic heterocycles. The number of aliphatic carboxylic acids is 1. The van der Waals surface area contributed by atoms with E-state index in [1.807, 2.05) is 0 Å². The maximum absolute atomic E-state index is 13.7. The maximum Gasteiger partial charge on any atom is 0.408 e. The van der Waals surface area contributed by atoms with Gasteiger partial charge in [0, 0.05) is 5.56 Å². The monoisotopic (exact) mass is 301 g/mol. The summed E-state index contributed by atoms with van der Waals surface area (Å²) in [7, 11) is 0. The molecule has 7 heteroatoms. The highest BCUT2D eigenvalue weighted by molar-refractivity contribution is 5.72. The molecular weight excluding hydrogens is 284 g/mol. The number of carbonyl (C=O) groups is 2. The first kappa shape index (κ1) is 16.9. The summed E-state index contributed by atoms with van der Waals surface area (Å²) in [6.45, 7) is 4.88. The predicted octanol–water partition coefficient (Wildman–Crippen LogP) is 3.01. The second-order valence-corrected chi connectivity index (χ2v) is 5.44. The number of carboxylic acid groups (broad SMARTS) is 1. The van der Waals surface area contributed by atoms with Gasteiger partial charge in [-0.3, -0.25) is 4.79 Å². The summed E-state index contributed by atoms with van der Waals surface area (Å²) in [5.41, 5.74) is -1.04. The Bertz CT molecular complexity index is 540. The van der Waals surface area contributed by atoms with Gasteiger partial charge in [0.05, 0.1) is 12.5 Å². The van der Waals surface area contributed by atoms with Crippen molar-refractivity contribution >= 4 is 12.1 Å². The van der Waals surface area contributed by atoms with E-state index in [-0.39, 0.29) is 5.56 Å². The maximum atomic E-state index is 13.7. The number of amides is 1. The predicted molar refractivity (Wildman–Crippen MR) is 70.7 cm³/mol. The Balaban J connectivity index is 2.98. The number of carboxylic acids is 1. The molecule has 1 rings (SSSR count). The molecule has 0 aliphatic heterocycles. The van der Waals surface area contributed by atoms with Crippen LogP contribution in [-0.2, 0) is 9.53 Å². The summed E-state index contributed by atoms with van der Waals surface area (Å²) in [5.74, 6) is -3.58. The van der Waals surface area contributed by atoms with Crippen LogP contribution in [0.3, 0.4) is 0 Å². The van der Waals surface area contributed by atoms with Crippen molar-refractivity contribution in [3.63, 3.8) is 0 Å². The highest BCUT2D eigenvalue weighted by Gasteiger charge is 2.25. The van der Waals surface area contributed by atoms with Crippen LogP contribution in [-0.4, -0.2) is 22.8 Å². The van der Waals surface area contributed by atoms with Gasteiger partial charge in [0.2, 0.25) is 0 Å². The Morgan fingerprint density at radius 1 is 1.33 bits per heavy atom. The van der Waals surface area contributed by atoms with Crippen LogP contribution in [0.4, 0.5) is 13.6 Å². The Morgan fingerprint density at radius 3 is 2.48 bits per heavy atom. The van der Waals surface area contributed by atoms with E-state index in [0.717, 1.165) is 6.07 Å². The van der Waals surface area contributed by atoms with Gasteiger partial charge >= 0.3 is 12.1 Å². The second kappa shape index (κ2) is 6.51. The summed E-state index contributed by atoms with van der Waals surface area (Å²) in [4.78, 5) is 22.5. The van der Waals surface area contributed by atoms with E-state index in [4.69, 9.17) is 9.84 Å². The van der Waals surface area contributed by atoms with Crippen LogP contribution in [0.25, 0.3) is 0 Å². The molecule has 0 aliphatic rings. The number of ether oxygens (including phenoxy) is 1. The summed E-state index contributed by atoms with van der Waals surface area (Å²) >= 11 is 0. The van der Waals surface area contributed by atoms with Crippen molar-refractivity contribution in [1.82, 2.24) is 5.32 Å². The summed E-state index contributed by atoms with van der Waals surface area (Å²) in [6.07, 6.45) is -1.50. The third-order valence-electron chi connectivity index (χ3n) is 2.43. The Labute approximate surface area is 120 Å². The molecule has 0 radical (unpaired) electrons. The largest absolute Gasteiger partial charge is 0.481 e. The van der Waals surface area contributed by atoms with Crippen LogP contribution in [0, 0.1) is 11.6 Å². The molecule has 0 fully saturated rings. The lowest BCUT2D eigenvalue weighted by Gasteiger charge is -2.23. The lowest BCUT2D eigenvalue weighted by molar-refractivity contribution is -0.137. The van der Waals surface area contributed by atoms with Gasteiger partial charge in [0.25, 0.3) is 0 Å². The molecule has 5 nitrogen and oxygen atoms in total. The molecule has 1 aromatic rings. The van der Waals surface area contributed by atoms with Gasteiger partial charge in [-0.2, -0.15) is 0 Å². The molecule has 0 bridgehead atoms. The van der Waals surface area contributed by atoms with Gasteiger partial charge in [-0.1, -0.05) is 12.1 Å². The highest BCUT2D eigenvalue weighted by Crippen LogP contribution is 2.22. The molecule has 0 saturated heterocycles. The van der Waals surface area contributed by atoms with E-state index < -0.39 is 41.8 Å². The minimum Gasteiger partial charge on any atom is -0.481 e. The number of hydrogen-bond acceptors (Lipinski definition) is 3. The van der Waals surface area contributed by atoms with Gasteiger partial charge in [0.15, 0.2) is 11.6 Å². The standard InChI is InChI=1S/C14H17F2NO4/c1-14(2,3)21-13(20)17-10(7-11(18)19)8-5-4-6-9(15)12(8)16/h4-6,10H,7H2,1-3H3,(H,17,20)(H,18,19)/t10-/m1/s1. The van der Waals surface area contributed by atoms with Crippen molar-refractivity contribution in [2.45, 2.75) is 38.8 Å². The van der Waals surface area contributed by atoms with E-state index in [1.165, 1.54) is 12.1 Å². The Morgan fingerprint density at radius 2 is 1.95 bits per heavy atom. The molecular formula is C14H17F2NO4. The summed E-state index contributed by atoms with van der Waals surface area (Å²) in [5, 5.41) is 11.1. The normalized spacial score (nSPS) is 12.6. The van der Waals surface area contributed by atoms with E-state index in [1.54, 1.807) is 20.8 Å². The van der Waals surface area contributed by atoms with Crippen LogP contribution in [0.5, 0.6) is 0 Å². The molecule has 116 valence electrons. The SMILES string of the molecule is CC(C)(C)OC(=O)N[C@H](CC(=O)O)c1cccc(F)c1F. The van der Waals surface area contributed by atoms with Crippen molar-refractivity contribution < 1.29 is 28.2 Å². The molecule has 1 atom stereocenters. The van der Waals surface area contributed by atoms with Crippen LogP contribution in [0.15, 0.2) is 18.2 Å². The number of benzene rings is 1. The number of halogens is 2. The van der Waals surface area contributed by atoms with Crippen molar-refractivity contribution in [3.05, 3.63) is 35.4 Å². The second-order valence-electron chi connectivity index (χ2n) is 5.44. The first-order valence-electron chi connectivity index (χ1n) is 6.25. The topological polar surface area (TPSA) is 75.6 Å². The van der Waals surface area contributed by atoms with Crippen LogP contribution < -0.4 is 5.32 Å².